The molecule has 0 aliphatic carbocycles. The molecule has 4 nitrogen and oxygen atoms in total. The van der Waals surface area contributed by atoms with Crippen LogP contribution >= 0.6 is 12.2 Å². The van der Waals surface area contributed by atoms with Crippen molar-refractivity contribution in [3.8, 4) is 0 Å². The normalized spacial score (nSPS) is 11.1. The van der Waals surface area contributed by atoms with E-state index in [1.807, 2.05) is 0 Å². The molecule has 0 saturated carbocycles. The molecule has 110 valence electrons. The summed E-state index contributed by atoms with van der Waals surface area (Å²) < 4.78 is 38.9. The fourth-order valence-corrected chi connectivity index (χ4v) is 3.07. The number of sulfonamides is 1. The van der Waals surface area contributed by atoms with Crippen LogP contribution in [0.15, 0.2) is 53.4 Å². The highest BCUT2D eigenvalue weighted by Gasteiger charge is 2.21. The molecule has 0 bridgehead atoms. The van der Waals surface area contributed by atoms with E-state index in [2.05, 4.69) is 0 Å². The SMILES string of the molecule is CN(c1ccc(F)cc1)S(=O)(=O)c1ccc(C(N)=S)cc1. The highest BCUT2D eigenvalue weighted by atomic mass is 32.2. The Morgan fingerprint density at radius 3 is 2.10 bits per heavy atom. The smallest absolute Gasteiger partial charge is 0.264 e. The van der Waals surface area contributed by atoms with E-state index in [4.69, 9.17) is 18.0 Å². The molecule has 0 fully saturated rings. The number of anilines is 1. The Morgan fingerprint density at radius 2 is 1.62 bits per heavy atom. The maximum atomic E-state index is 12.9. The van der Waals surface area contributed by atoms with Gasteiger partial charge in [0.05, 0.1) is 10.6 Å². The molecule has 0 radical (unpaired) electrons. The van der Waals surface area contributed by atoms with Gasteiger partial charge in [-0.1, -0.05) is 24.4 Å². The van der Waals surface area contributed by atoms with Crippen LogP contribution < -0.4 is 10.0 Å². The first-order chi connectivity index (χ1) is 9.82. The first-order valence-corrected chi connectivity index (χ1v) is 7.81. The van der Waals surface area contributed by atoms with Crippen LogP contribution in [0, 0.1) is 5.82 Å². The second-order valence-corrected chi connectivity index (χ2v) is 6.75. The number of halogens is 1. The van der Waals surface area contributed by atoms with Gasteiger partial charge in [-0.25, -0.2) is 12.8 Å². The van der Waals surface area contributed by atoms with Gasteiger partial charge in [-0.3, -0.25) is 4.31 Å². The molecule has 7 heteroatoms. The van der Waals surface area contributed by atoms with Gasteiger partial charge in [0, 0.05) is 12.6 Å². The molecule has 0 spiro atoms. The third-order valence-corrected chi connectivity index (χ3v) is 5.02. The number of hydrogen-bond donors (Lipinski definition) is 1. The summed E-state index contributed by atoms with van der Waals surface area (Å²) >= 11 is 4.82. The van der Waals surface area contributed by atoms with Crippen LogP contribution in [0.1, 0.15) is 5.56 Å². The number of rotatable bonds is 4. The zero-order valence-electron chi connectivity index (χ0n) is 11.2. The van der Waals surface area contributed by atoms with E-state index >= 15 is 0 Å². The van der Waals surface area contributed by atoms with Crippen LogP contribution in [-0.2, 0) is 10.0 Å². The van der Waals surface area contributed by atoms with Crippen molar-refractivity contribution in [1.29, 1.82) is 0 Å². The molecule has 2 rings (SSSR count). The molecule has 0 aromatic heterocycles. The van der Waals surface area contributed by atoms with Crippen molar-refractivity contribution < 1.29 is 12.8 Å². The quantitative estimate of drug-likeness (QED) is 0.877. The molecular formula is C14H13FN2O2S2. The lowest BCUT2D eigenvalue weighted by atomic mass is 10.2. The van der Waals surface area contributed by atoms with Crippen LogP contribution in [0.2, 0.25) is 0 Å². The second-order valence-electron chi connectivity index (χ2n) is 4.34. The van der Waals surface area contributed by atoms with E-state index in [0.29, 0.717) is 11.3 Å². The van der Waals surface area contributed by atoms with E-state index < -0.39 is 15.8 Å². The number of thiocarbonyl (C=S) groups is 1. The first kappa shape index (κ1) is 15.4. The summed E-state index contributed by atoms with van der Waals surface area (Å²) in [5.74, 6) is -0.426. The highest BCUT2D eigenvalue weighted by Crippen LogP contribution is 2.22. The van der Waals surface area contributed by atoms with Crippen LogP contribution in [-0.4, -0.2) is 20.5 Å². The van der Waals surface area contributed by atoms with Crippen LogP contribution in [0.5, 0.6) is 0 Å². The summed E-state index contributed by atoms with van der Waals surface area (Å²) in [7, 11) is -2.31. The molecule has 2 aromatic rings. The minimum absolute atomic E-state index is 0.106. The van der Waals surface area contributed by atoms with Crippen molar-refractivity contribution in [2.24, 2.45) is 5.73 Å². The van der Waals surface area contributed by atoms with E-state index in [1.165, 1.54) is 43.4 Å². The first-order valence-electron chi connectivity index (χ1n) is 5.97. The molecule has 0 unspecified atom stereocenters. The summed E-state index contributed by atoms with van der Waals surface area (Å²) in [6.07, 6.45) is 0. The number of nitrogens with zero attached hydrogens (tertiary/aromatic N) is 1. The van der Waals surface area contributed by atoms with Crippen LogP contribution in [0.3, 0.4) is 0 Å². The van der Waals surface area contributed by atoms with E-state index in [9.17, 15) is 12.8 Å². The fraction of sp³-hybridized carbons (Fsp3) is 0.0714. The Bertz CT molecular complexity index is 757. The summed E-state index contributed by atoms with van der Waals surface area (Å²) in [5.41, 5.74) is 6.44. The Morgan fingerprint density at radius 1 is 1.10 bits per heavy atom. The molecular weight excluding hydrogens is 311 g/mol. The van der Waals surface area contributed by atoms with Crippen molar-refractivity contribution in [2.75, 3.05) is 11.4 Å². The Balaban J connectivity index is 2.36. The fourth-order valence-electron chi connectivity index (χ4n) is 1.74. The number of benzene rings is 2. The lowest BCUT2D eigenvalue weighted by molar-refractivity contribution is 0.594. The van der Waals surface area contributed by atoms with Crippen molar-refractivity contribution in [3.63, 3.8) is 0 Å². The standard InChI is InChI=1S/C14H13FN2O2S2/c1-17(12-6-4-11(15)5-7-12)21(18,19)13-8-2-10(3-9-13)14(16)20/h2-9H,1H3,(H2,16,20). The lowest BCUT2D eigenvalue weighted by Gasteiger charge is -2.19. The van der Waals surface area contributed by atoms with E-state index in [1.54, 1.807) is 12.1 Å². The average molecular weight is 324 g/mol. The summed E-state index contributed by atoms with van der Waals surface area (Å²) in [6, 6.07) is 11.2. The molecule has 0 saturated heterocycles. The Hall–Kier alpha value is -1.99. The van der Waals surface area contributed by atoms with Gasteiger partial charge >= 0.3 is 0 Å². The van der Waals surface area contributed by atoms with Crippen molar-refractivity contribution in [2.45, 2.75) is 4.90 Å². The minimum Gasteiger partial charge on any atom is -0.389 e. The zero-order valence-corrected chi connectivity index (χ0v) is 12.8. The van der Waals surface area contributed by atoms with Gasteiger partial charge in [0.2, 0.25) is 0 Å². The topological polar surface area (TPSA) is 63.4 Å². The van der Waals surface area contributed by atoms with Gasteiger partial charge in [-0.15, -0.1) is 0 Å². The molecule has 21 heavy (non-hydrogen) atoms. The lowest BCUT2D eigenvalue weighted by Crippen LogP contribution is -2.26. The van der Waals surface area contributed by atoms with Gasteiger partial charge in [0.15, 0.2) is 0 Å². The van der Waals surface area contributed by atoms with E-state index in [-0.39, 0.29) is 9.88 Å². The van der Waals surface area contributed by atoms with Gasteiger partial charge in [-0.05, 0) is 36.4 Å². The Labute approximate surface area is 128 Å². The third kappa shape index (κ3) is 3.20. The summed E-state index contributed by atoms with van der Waals surface area (Å²) in [6.45, 7) is 0. The molecule has 0 heterocycles. The zero-order chi connectivity index (χ0) is 15.6. The van der Waals surface area contributed by atoms with Crippen molar-refractivity contribution >= 4 is 32.9 Å². The second kappa shape index (κ2) is 5.79. The largest absolute Gasteiger partial charge is 0.389 e. The number of nitrogens with two attached hydrogens (primary N) is 1. The van der Waals surface area contributed by atoms with Crippen molar-refractivity contribution in [3.05, 3.63) is 59.9 Å². The maximum Gasteiger partial charge on any atom is 0.264 e. The molecule has 2 aromatic carbocycles. The average Bonchev–Trinajstić information content (AvgIpc) is 2.47. The van der Waals surface area contributed by atoms with Gasteiger partial charge in [-0.2, -0.15) is 0 Å². The van der Waals surface area contributed by atoms with Gasteiger partial charge in [0.25, 0.3) is 10.0 Å². The monoisotopic (exact) mass is 324 g/mol. The maximum absolute atomic E-state index is 12.9. The molecule has 0 atom stereocenters. The molecule has 0 aliphatic heterocycles. The molecule has 0 amide bonds. The van der Waals surface area contributed by atoms with Crippen molar-refractivity contribution in [1.82, 2.24) is 0 Å². The Kier molecular flexibility index (Phi) is 4.24. The number of hydrogen-bond acceptors (Lipinski definition) is 3. The predicted molar refractivity (Wildman–Crippen MR) is 84.3 cm³/mol. The van der Waals surface area contributed by atoms with Gasteiger partial charge in [0.1, 0.15) is 10.8 Å². The minimum atomic E-state index is -3.72. The van der Waals surface area contributed by atoms with E-state index in [0.717, 1.165) is 4.31 Å². The van der Waals surface area contributed by atoms with Crippen LogP contribution in [0.4, 0.5) is 10.1 Å². The van der Waals surface area contributed by atoms with Crippen LogP contribution in [0.25, 0.3) is 0 Å². The third-order valence-electron chi connectivity index (χ3n) is 2.99. The highest BCUT2D eigenvalue weighted by molar-refractivity contribution is 7.92. The predicted octanol–water partition coefficient (Wildman–Crippen LogP) is 2.29. The van der Waals surface area contributed by atoms with Gasteiger partial charge < -0.3 is 5.73 Å². The summed E-state index contributed by atoms with van der Waals surface area (Å²) in [5, 5.41) is 0. The molecule has 2 N–H and O–H groups in total. The summed E-state index contributed by atoms with van der Waals surface area (Å²) in [4.78, 5) is 0.306. The molecule has 0 aliphatic rings.